The van der Waals surface area contributed by atoms with E-state index in [1.54, 1.807) is 11.3 Å². The Hall–Kier alpha value is -1.86. The summed E-state index contributed by atoms with van der Waals surface area (Å²) in [5.74, 6) is 0.772. The lowest BCUT2D eigenvalue weighted by molar-refractivity contribution is -0.114. The molecule has 6 nitrogen and oxygen atoms in total. The molecule has 1 amide bonds. The molecule has 24 heavy (non-hydrogen) atoms. The molecule has 0 aromatic carbocycles. The maximum Gasteiger partial charge on any atom is 0.223 e. The molecule has 128 valence electrons. The van der Waals surface area contributed by atoms with E-state index in [4.69, 9.17) is 0 Å². The zero-order valence-corrected chi connectivity index (χ0v) is 15.4. The van der Waals surface area contributed by atoms with Crippen molar-refractivity contribution < 1.29 is 4.79 Å². The van der Waals surface area contributed by atoms with Gasteiger partial charge in [-0.15, -0.1) is 11.3 Å². The molecule has 3 heterocycles. The first kappa shape index (κ1) is 17.0. The first-order valence-corrected chi connectivity index (χ1v) is 9.03. The summed E-state index contributed by atoms with van der Waals surface area (Å²) in [6.07, 6.45) is 3.77. The van der Waals surface area contributed by atoms with E-state index in [9.17, 15) is 4.79 Å². The Labute approximate surface area is 146 Å². The van der Waals surface area contributed by atoms with Gasteiger partial charge in [0.15, 0.2) is 5.13 Å². The van der Waals surface area contributed by atoms with Crippen LogP contribution < -0.4 is 5.32 Å². The van der Waals surface area contributed by atoms with Crippen LogP contribution in [0.25, 0.3) is 0 Å². The van der Waals surface area contributed by atoms with Crippen molar-refractivity contribution in [2.24, 2.45) is 0 Å². The van der Waals surface area contributed by atoms with Gasteiger partial charge in [0, 0.05) is 54.9 Å². The van der Waals surface area contributed by atoms with Crippen molar-refractivity contribution >= 4 is 22.4 Å². The van der Waals surface area contributed by atoms with Crippen LogP contribution in [0.3, 0.4) is 0 Å². The minimum atomic E-state index is -0.0843. The van der Waals surface area contributed by atoms with Crippen LogP contribution in [0.1, 0.15) is 41.5 Å². The van der Waals surface area contributed by atoms with Crippen LogP contribution in [0.4, 0.5) is 5.13 Å². The molecule has 1 N–H and O–H groups in total. The Balaban J connectivity index is 1.73. The molecule has 0 saturated carbocycles. The highest BCUT2D eigenvalue weighted by Gasteiger charge is 2.24. The van der Waals surface area contributed by atoms with Gasteiger partial charge in [-0.05, 0) is 32.8 Å². The van der Waals surface area contributed by atoms with Crippen molar-refractivity contribution in [3.05, 3.63) is 33.8 Å². The molecule has 0 radical (unpaired) electrons. The summed E-state index contributed by atoms with van der Waals surface area (Å²) in [5, 5.41) is 3.41. The van der Waals surface area contributed by atoms with E-state index in [1.165, 1.54) is 18.2 Å². The molecule has 0 saturated heterocycles. The summed E-state index contributed by atoms with van der Waals surface area (Å²) in [6, 6.07) is 0.419. The zero-order valence-electron chi connectivity index (χ0n) is 14.6. The molecule has 1 aliphatic heterocycles. The van der Waals surface area contributed by atoms with Crippen molar-refractivity contribution in [1.29, 1.82) is 0 Å². The number of nitrogens with one attached hydrogen (secondary N) is 1. The molecule has 1 unspecified atom stereocenters. The van der Waals surface area contributed by atoms with Gasteiger partial charge in [0.2, 0.25) is 5.91 Å². The summed E-state index contributed by atoms with van der Waals surface area (Å²) in [4.78, 5) is 28.2. The van der Waals surface area contributed by atoms with Crippen LogP contribution in [0, 0.1) is 13.8 Å². The number of nitrogens with zero attached hydrogens (tertiary/aromatic N) is 4. The van der Waals surface area contributed by atoms with Crippen LogP contribution in [-0.2, 0) is 24.2 Å². The quantitative estimate of drug-likeness (QED) is 0.925. The Kier molecular flexibility index (Phi) is 4.91. The molecule has 2 aromatic rings. The zero-order chi connectivity index (χ0) is 17.3. The number of aromatic nitrogens is 3. The van der Waals surface area contributed by atoms with E-state index in [-0.39, 0.29) is 5.91 Å². The highest BCUT2D eigenvalue weighted by atomic mass is 32.1. The van der Waals surface area contributed by atoms with Gasteiger partial charge in [-0.2, -0.15) is 0 Å². The molecule has 3 rings (SSSR count). The van der Waals surface area contributed by atoms with Gasteiger partial charge in [-0.1, -0.05) is 0 Å². The minimum absolute atomic E-state index is 0.0843. The third-order valence-electron chi connectivity index (χ3n) is 4.37. The summed E-state index contributed by atoms with van der Waals surface area (Å²) in [6.45, 7) is 9.61. The van der Waals surface area contributed by atoms with Crippen molar-refractivity contribution in [3.8, 4) is 0 Å². The highest BCUT2D eigenvalue weighted by Crippen LogP contribution is 2.25. The SMILES string of the molecule is CC(=O)Nc1ncc(CN2CCc3nc(C)nc(C)c3CC2C)s1. The fourth-order valence-electron chi connectivity index (χ4n) is 3.20. The van der Waals surface area contributed by atoms with Crippen LogP contribution in [0.5, 0.6) is 0 Å². The number of carbonyl (C=O) groups excluding carboxylic acids is 1. The molecule has 0 bridgehead atoms. The smallest absolute Gasteiger partial charge is 0.223 e. The lowest BCUT2D eigenvalue weighted by atomic mass is 10.0. The molecule has 1 atom stereocenters. The maximum atomic E-state index is 11.1. The number of anilines is 1. The molecule has 2 aromatic heterocycles. The molecule has 0 aliphatic carbocycles. The van der Waals surface area contributed by atoms with Crippen LogP contribution in [-0.4, -0.2) is 38.3 Å². The Bertz CT molecular complexity index is 757. The lowest BCUT2D eigenvalue weighted by Gasteiger charge is -2.26. The van der Waals surface area contributed by atoms with Crippen molar-refractivity contribution in [2.75, 3.05) is 11.9 Å². The van der Waals surface area contributed by atoms with E-state index in [0.717, 1.165) is 42.3 Å². The van der Waals surface area contributed by atoms with Crippen molar-refractivity contribution in [2.45, 2.75) is 53.1 Å². The predicted molar refractivity (Wildman–Crippen MR) is 95.2 cm³/mol. The minimum Gasteiger partial charge on any atom is -0.302 e. The number of amides is 1. The van der Waals surface area contributed by atoms with Gasteiger partial charge in [0.25, 0.3) is 0 Å². The van der Waals surface area contributed by atoms with Crippen molar-refractivity contribution in [1.82, 2.24) is 19.9 Å². The van der Waals surface area contributed by atoms with Crippen LogP contribution in [0.15, 0.2) is 6.20 Å². The highest BCUT2D eigenvalue weighted by molar-refractivity contribution is 7.15. The van der Waals surface area contributed by atoms with Crippen molar-refractivity contribution in [3.63, 3.8) is 0 Å². The second kappa shape index (κ2) is 6.94. The number of carbonyl (C=O) groups is 1. The number of rotatable bonds is 3. The van der Waals surface area contributed by atoms with Gasteiger partial charge >= 0.3 is 0 Å². The average Bonchev–Trinajstić information content (AvgIpc) is 2.85. The second-order valence-corrected chi connectivity index (χ2v) is 7.48. The Morgan fingerprint density at radius 3 is 2.96 bits per heavy atom. The number of thiazole rings is 1. The van der Waals surface area contributed by atoms with Crippen LogP contribution >= 0.6 is 11.3 Å². The summed E-state index contributed by atoms with van der Waals surface area (Å²) < 4.78 is 0. The van der Waals surface area contributed by atoms with Gasteiger partial charge in [-0.25, -0.2) is 15.0 Å². The van der Waals surface area contributed by atoms with E-state index in [1.807, 2.05) is 13.1 Å². The van der Waals surface area contributed by atoms with Gasteiger partial charge in [0.05, 0.1) is 0 Å². The van der Waals surface area contributed by atoms with E-state index < -0.39 is 0 Å². The fraction of sp³-hybridized carbons (Fsp3) is 0.529. The molecular weight excluding hydrogens is 322 g/mol. The van der Waals surface area contributed by atoms with E-state index >= 15 is 0 Å². The third kappa shape index (κ3) is 3.79. The summed E-state index contributed by atoms with van der Waals surface area (Å²) in [5.41, 5.74) is 3.60. The number of aryl methyl sites for hydroxylation is 2. The summed E-state index contributed by atoms with van der Waals surface area (Å²) in [7, 11) is 0. The van der Waals surface area contributed by atoms with E-state index in [2.05, 4.69) is 39.0 Å². The van der Waals surface area contributed by atoms with E-state index in [0.29, 0.717) is 11.2 Å². The molecular formula is C17H23N5OS. The molecule has 0 spiro atoms. The lowest BCUT2D eigenvalue weighted by Crippen LogP contribution is -2.33. The second-order valence-electron chi connectivity index (χ2n) is 6.37. The summed E-state index contributed by atoms with van der Waals surface area (Å²) >= 11 is 1.54. The van der Waals surface area contributed by atoms with Gasteiger partial charge in [-0.3, -0.25) is 9.69 Å². The van der Waals surface area contributed by atoms with Crippen LogP contribution in [0.2, 0.25) is 0 Å². The normalized spacial score (nSPS) is 18.1. The number of hydrogen-bond acceptors (Lipinski definition) is 6. The number of fused-ring (bicyclic) bond motifs is 1. The fourth-order valence-corrected chi connectivity index (χ4v) is 4.08. The monoisotopic (exact) mass is 345 g/mol. The standard InChI is InChI=1S/C17H23N5OS/c1-10-7-15-11(2)19-12(3)20-16(15)5-6-22(10)9-14-8-18-17(24-14)21-13(4)23/h8,10H,5-7,9H2,1-4H3,(H,18,21,23). The predicted octanol–water partition coefficient (Wildman–Crippen LogP) is 2.50. The Morgan fingerprint density at radius 1 is 1.42 bits per heavy atom. The van der Waals surface area contributed by atoms with Gasteiger partial charge < -0.3 is 5.32 Å². The molecule has 1 aliphatic rings. The maximum absolute atomic E-state index is 11.1. The molecule has 0 fully saturated rings. The first-order valence-electron chi connectivity index (χ1n) is 8.21. The molecule has 7 heteroatoms. The first-order chi connectivity index (χ1) is 11.4. The largest absolute Gasteiger partial charge is 0.302 e. The Morgan fingerprint density at radius 2 is 2.21 bits per heavy atom. The average molecular weight is 345 g/mol. The topological polar surface area (TPSA) is 71.0 Å². The van der Waals surface area contributed by atoms with Gasteiger partial charge in [0.1, 0.15) is 5.82 Å². The number of hydrogen-bond donors (Lipinski definition) is 1. The third-order valence-corrected chi connectivity index (χ3v) is 5.26.